The van der Waals surface area contributed by atoms with Crippen molar-refractivity contribution in [2.45, 2.75) is 75.9 Å². The lowest BCUT2D eigenvalue weighted by Crippen LogP contribution is -2.51. The first-order valence-corrected chi connectivity index (χ1v) is 18.6. The third-order valence-corrected chi connectivity index (χ3v) is 14.3. The highest BCUT2D eigenvalue weighted by molar-refractivity contribution is 6.91. The van der Waals surface area contributed by atoms with E-state index in [4.69, 9.17) is 9.47 Å². The Morgan fingerprint density at radius 3 is 2.64 bits per heavy atom. The second-order valence-electron chi connectivity index (χ2n) is 12.7. The molecule has 3 fully saturated rings. The highest BCUT2D eigenvalue weighted by atomic mass is 28.3. The van der Waals surface area contributed by atoms with Crippen molar-refractivity contribution < 1.29 is 24.2 Å². The molecule has 2 aromatic rings. The van der Waals surface area contributed by atoms with Gasteiger partial charge in [-0.1, -0.05) is 49.5 Å². The molecule has 3 heterocycles. The van der Waals surface area contributed by atoms with E-state index >= 15 is 0 Å². The summed E-state index contributed by atoms with van der Waals surface area (Å²) in [5, 5.41) is 14.3. The molecular formula is C33H47N3O5Si. The van der Waals surface area contributed by atoms with E-state index in [1.54, 1.807) is 7.11 Å². The third-order valence-electron chi connectivity index (χ3n) is 9.88. The molecule has 3 saturated heterocycles. The lowest BCUT2D eigenvalue weighted by molar-refractivity contribution is -0.135. The van der Waals surface area contributed by atoms with Gasteiger partial charge >= 0.3 is 0 Å². The first kappa shape index (κ1) is 30.7. The Kier molecular flexibility index (Phi) is 9.72. The predicted molar refractivity (Wildman–Crippen MR) is 168 cm³/mol. The van der Waals surface area contributed by atoms with E-state index in [2.05, 4.69) is 49.6 Å². The molecule has 2 aromatic carbocycles. The topological polar surface area (TPSA) is 91.3 Å². The number of carbonyl (C=O) groups is 2. The van der Waals surface area contributed by atoms with Gasteiger partial charge in [-0.2, -0.15) is 0 Å². The van der Waals surface area contributed by atoms with Crippen molar-refractivity contribution in [1.29, 1.82) is 0 Å². The van der Waals surface area contributed by atoms with Crippen molar-refractivity contribution in [1.82, 2.24) is 10.2 Å². The molecule has 2 N–H and O–H groups in total. The number of carbonyl (C=O) groups excluding carboxylic acids is 2. The highest BCUT2D eigenvalue weighted by Gasteiger charge is 2.51. The molecule has 5 atom stereocenters. The summed E-state index contributed by atoms with van der Waals surface area (Å²) in [7, 11) is -0.393. The first-order chi connectivity index (χ1) is 20.2. The number of aryl methyl sites for hydroxylation is 1. The summed E-state index contributed by atoms with van der Waals surface area (Å²) < 4.78 is 12.3. The van der Waals surface area contributed by atoms with E-state index in [1.165, 1.54) is 10.8 Å². The average Bonchev–Trinajstić information content (AvgIpc) is 3.60. The van der Waals surface area contributed by atoms with E-state index in [1.807, 2.05) is 34.1 Å². The molecule has 228 valence electrons. The average molecular weight is 594 g/mol. The van der Waals surface area contributed by atoms with E-state index in [0.717, 1.165) is 43.7 Å². The molecule has 0 aliphatic carbocycles. The fourth-order valence-electron chi connectivity index (χ4n) is 7.56. The second kappa shape index (κ2) is 13.3. The molecule has 0 spiro atoms. The number of piperazine rings is 1. The zero-order chi connectivity index (χ0) is 29.9. The molecule has 0 unspecified atom stereocenters. The van der Waals surface area contributed by atoms with Crippen LogP contribution in [0.5, 0.6) is 5.75 Å². The van der Waals surface area contributed by atoms with Crippen LogP contribution < -0.4 is 20.1 Å². The molecule has 0 bridgehead atoms. The van der Waals surface area contributed by atoms with Crippen molar-refractivity contribution in [3.8, 4) is 5.75 Å². The first-order valence-electron chi connectivity index (χ1n) is 15.5. The number of ether oxygens (including phenoxy) is 2. The second-order valence-corrected chi connectivity index (χ2v) is 17.4. The van der Waals surface area contributed by atoms with Crippen molar-refractivity contribution in [3.05, 3.63) is 54.1 Å². The van der Waals surface area contributed by atoms with Gasteiger partial charge in [0.25, 0.3) is 0 Å². The zero-order valence-electron chi connectivity index (χ0n) is 25.6. The Labute approximate surface area is 251 Å². The minimum Gasteiger partial charge on any atom is -0.497 e. The summed E-state index contributed by atoms with van der Waals surface area (Å²) in [5.74, 6) is 1.34. The minimum absolute atomic E-state index is 0.0183. The van der Waals surface area contributed by atoms with Gasteiger partial charge < -0.3 is 29.7 Å². The molecule has 2 amide bonds. The van der Waals surface area contributed by atoms with Crippen LogP contribution in [0.1, 0.15) is 38.2 Å². The Bertz CT molecular complexity index is 1240. The molecule has 9 heteroatoms. The van der Waals surface area contributed by atoms with Gasteiger partial charge in [0, 0.05) is 25.3 Å². The van der Waals surface area contributed by atoms with Gasteiger partial charge in [-0.05, 0) is 67.0 Å². The van der Waals surface area contributed by atoms with Crippen LogP contribution in [-0.4, -0.2) is 88.0 Å². The molecule has 0 aromatic heterocycles. The van der Waals surface area contributed by atoms with Crippen molar-refractivity contribution in [3.63, 3.8) is 0 Å². The number of nitrogens with zero attached hydrogens (tertiary/aromatic N) is 2. The predicted octanol–water partition coefficient (Wildman–Crippen LogP) is 3.33. The monoisotopic (exact) mass is 593 g/mol. The molecule has 42 heavy (non-hydrogen) atoms. The summed E-state index contributed by atoms with van der Waals surface area (Å²) in [6.45, 7) is 9.70. The zero-order valence-corrected chi connectivity index (χ0v) is 26.6. The standard InChI is InChI=1S/C33H47N3O5Si/c1-23-29(15-10-24-7-5-8-25(19-24)36-18-16-34-21-32(36)39)41-30(20-31(38)35-17-6-9-26(35)22-37)33(23)42(3,4)28-13-11-27(40-2)12-14-28/h5,7-8,11-14,19,23,26,29-30,33-34,37H,6,9-10,15-18,20-22H2,1-4H3/t23-,26-,29+,30-,33+/m0/s1. The minimum atomic E-state index is -2.08. The van der Waals surface area contributed by atoms with E-state index in [-0.39, 0.29) is 48.1 Å². The number of rotatable bonds is 10. The summed E-state index contributed by atoms with van der Waals surface area (Å²) >= 11 is 0. The van der Waals surface area contributed by atoms with Gasteiger partial charge in [-0.15, -0.1) is 0 Å². The van der Waals surface area contributed by atoms with Crippen LogP contribution in [0.2, 0.25) is 18.6 Å². The number of anilines is 1. The molecule has 0 saturated carbocycles. The highest BCUT2D eigenvalue weighted by Crippen LogP contribution is 2.46. The maximum absolute atomic E-state index is 13.6. The van der Waals surface area contributed by atoms with Crippen LogP contribution in [0.4, 0.5) is 5.69 Å². The van der Waals surface area contributed by atoms with Gasteiger partial charge in [-0.25, -0.2) is 0 Å². The van der Waals surface area contributed by atoms with Crippen LogP contribution >= 0.6 is 0 Å². The van der Waals surface area contributed by atoms with Crippen molar-refractivity contribution in [2.24, 2.45) is 5.92 Å². The Morgan fingerprint density at radius 1 is 1.14 bits per heavy atom. The Hall–Kier alpha value is -2.72. The molecule has 0 radical (unpaired) electrons. The van der Waals surface area contributed by atoms with Gasteiger partial charge in [-0.3, -0.25) is 9.59 Å². The largest absolute Gasteiger partial charge is 0.497 e. The lowest BCUT2D eigenvalue weighted by atomic mass is 9.95. The van der Waals surface area contributed by atoms with Crippen LogP contribution in [0.25, 0.3) is 0 Å². The smallest absolute Gasteiger partial charge is 0.240 e. The number of amides is 2. The van der Waals surface area contributed by atoms with Gasteiger partial charge in [0.05, 0.1) is 53.0 Å². The summed E-state index contributed by atoms with van der Waals surface area (Å²) in [6, 6.07) is 16.7. The number of nitrogens with one attached hydrogen (secondary N) is 1. The van der Waals surface area contributed by atoms with Crippen LogP contribution in [0.15, 0.2) is 48.5 Å². The molecule has 3 aliphatic heterocycles. The number of hydrogen-bond donors (Lipinski definition) is 2. The van der Waals surface area contributed by atoms with E-state index in [9.17, 15) is 14.7 Å². The van der Waals surface area contributed by atoms with Crippen LogP contribution in [0, 0.1) is 5.92 Å². The van der Waals surface area contributed by atoms with E-state index in [0.29, 0.717) is 26.1 Å². The molecular weight excluding hydrogens is 546 g/mol. The summed E-state index contributed by atoms with van der Waals surface area (Å²) in [6.07, 6.45) is 3.74. The van der Waals surface area contributed by atoms with E-state index < -0.39 is 8.07 Å². The number of likely N-dealkylation sites (tertiary alicyclic amines) is 1. The quantitative estimate of drug-likeness (QED) is 0.411. The summed E-state index contributed by atoms with van der Waals surface area (Å²) in [4.78, 5) is 29.8. The molecule has 3 aliphatic rings. The number of benzene rings is 2. The fourth-order valence-corrected chi connectivity index (χ4v) is 11.6. The normalized spacial score (nSPS) is 26.6. The molecule has 8 nitrogen and oxygen atoms in total. The molecule has 5 rings (SSSR count). The fraction of sp³-hybridized carbons (Fsp3) is 0.576. The van der Waals surface area contributed by atoms with Gasteiger partial charge in [0.15, 0.2) is 0 Å². The van der Waals surface area contributed by atoms with Crippen LogP contribution in [-0.2, 0) is 20.7 Å². The SMILES string of the molecule is COc1ccc([Si](C)(C)[C@@H]2[C@@H](C)[C@@H](CCc3cccc(N4CCNCC4=O)c3)O[C@H]2CC(=O)N2CCC[C@H]2CO)cc1. The van der Waals surface area contributed by atoms with Gasteiger partial charge in [0.2, 0.25) is 11.8 Å². The van der Waals surface area contributed by atoms with Crippen LogP contribution in [0.3, 0.4) is 0 Å². The van der Waals surface area contributed by atoms with Crippen molar-refractivity contribution >= 4 is 30.8 Å². The number of hydrogen-bond acceptors (Lipinski definition) is 6. The summed E-state index contributed by atoms with van der Waals surface area (Å²) in [5.41, 5.74) is 2.41. The Morgan fingerprint density at radius 2 is 1.93 bits per heavy atom. The van der Waals surface area contributed by atoms with Gasteiger partial charge in [0.1, 0.15) is 5.75 Å². The maximum atomic E-state index is 13.6. The number of aliphatic hydroxyl groups is 1. The number of aliphatic hydroxyl groups excluding tert-OH is 1. The lowest BCUT2D eigenvalue weighted by Gasteiger charge is -2.36. The third kappa shape index (κ3) is 6.44. The maximum Gasteiger partial charge on any atom is 0.240 e. The van der Waals surface area contributed by atoms with Crippen molar-refractivity contribution in [2.75, 3.05) is 44.8 Å². The Balaban J connectivity index is 1.34. The number of methoxy groups -OCH3 is 1.